The zero-order valence-corrected chi connectivity index (χ0v) is 14.6. The molecule has 5 rings (SSSR count). The minimum absolute atomic E-state index is 0.125. The Bertz CT molecular complexity index is 623. The summed E-state index contributed by atoms with van der Waals surface area (Å²) in [6.45, 7) is 0. The summed E-state index contributed by atoms with van der Waals surface area (Å²) in [5, 5.41) is 5.78. The molecule has 1 aromatic carbocycles. The van der Waals surface area contributed by atoms with E-state index in [9.17, 15) is 9.59 Å². The Kier molecular flexibility index (Phi) is 3.71. The Morgan fingerprint density at radius 2 is 1.61 bits per heavy atom. The number of benzene rings is 1. The van der Waals surface area contributed by atoms with Crippen molar-refractivity contribution in [2.24, 2.45) is 17.8 Å². The van der Waals surface area contributed by atoms with E-state index in [4.69, 9.17) is 0 Å². The largest absolute Gasteiger partial charge is 0.342 e. The van der Waals surface area contributed by atoms with Gasteiger partial charge in [-0.05, 0) is 74.5 Å². The molecule has 4 fully saturated rings. The summed E-state index contributed by atoms with van der Waals surface area (Å²) < 4.78 is 0.872. The van der Waals surface area contributed by atoms with Crippen LogP contribution in [0.15, 0.2) is 28.7 Å². The van der Waals surface area contributed by atoms with E-state index < -0.39 is 11.8 Å². The number of nitrogens with one attached hydrogen (secondary N) is 2. The summed E-state index contributed by atoms with van der Waals surface area (Å²) in [7, 11) is 0. The average molecular weight is 377 g/mol. The Balaban J connectivity index is 1.42. The lowest BCUT2D eigenvalue weighted by Gasteiger charge is -2.56. The molecule has 0 aliphatic heterocycles. The highest BCUT2D eigenvalue weighted by molar-refractivity contribution is 9.10. The van der Waals surface area contributed by atoms with Gasteiger partial charge in [-0.2, -0.15) is 0 Å². The van der Waals surface area contributed by atoms with Crippen LogP contribution in [0.1, 0.15) is 38.5 Å². The van der Waals surface area contributed by atoms with Crippen LogP contribution in [0.3, 0.4) is 0 Å². The Morgan fingerprint density at radius 3 is 2.17 bits per heavy atom. The molecule has 122 valence electrons. The van der Waals surface area contributed by atoms with Gasteiger partial charge in [0.25, 0.3) is 0 Å². The molecule has 0 spiro atoms. The molecule has 2 N–H and O–H groups in total. The second-order valence-electron chi connectivity index (χ2n) is 7.62. The third kappa shape index (κ3) is 3.03. The van der Waals surface area contributed by atoms with Gasteiger partial charge in [-0.3, -0.25) is 9.59 Å². The lowest BCUT2D eigenvalue weighted by molar-refractivity contribution is -0.139. The Labute approximate surface area is 144 Å². The molecule has 5 heteroatoms. The van der Waals surface area contributed by atoms with Crippen LogP contribution in [0.5, 0.6) is 0 Å². The van der Waals surface area contributed by atoms with Gasteiger partial charge in [-0.25, -0.2) is 0 Å². The van der Waals surface area contributed by atoms with Crippen molar-refractivity contribution >= 4 is 33.4 Å². The highest BCUT2D eigenvalue weighted by atomic mass is 79.9. The summed E-state index contributed by atoms with van der Waals surface area (Å²) in [5.41, 5.74) is 0.505. The number of hydrogen-bond acceptors (Lipinski definition) is 2. The SMILES string of the molecule is O=C(Nc1cccc(Br)c1)C(=O)NC12CC3CC(CC(C3)C1)C2. The van der Waals surface area contributed by atoms with Crippen molar-refractivity contribution < 1.29 is 9.59 Å². The Hall–Kier alpha value is -1.36. The molecule has 4 aliphatic rings. The second-order valence-corrected chi connectivity index (χ2v) is 8.53. The topological polar surface area (TPSA) is 58.2 Å². The van der Waals surface area contributed by atoms with E-state index in [1.165, 1.54) is 19.3 Å². The van der Waals surface area contributed by atoms with Crippen LogP contribution in [0.2, 0.25) is 0 Å². The van der Waals surface area contributed by atoms with Gasteiger partial charge in [0.2, 0.25) is 0 Å². The summed E-state index contributed by atoms with van der Waals surface area (Å²) in [4.78, 5) is 24.6. The second kappa shape index (κ2) is 5.62. The van der Waals surface area contributed by atoms with Crippen molar-refractivity contribution in [2.75, 3.05) is 5.32 Å². The molecule has 4 aliphatic carbocycles. The molecule has 23 heavy (non-hydrogen) atoms. The van der Waals surface area contributed by atoms with Gasteiger partial charge < -0.3 is 10.6 Å². The first kappa shape index (κ1) is 15.2. The van der Waals surface area contributed by atoms with E-state index in [1.54, 1.807) is 12.1 Å². The fraction of sp³-hybridized carbons (Fsp3) is 0.556. The number of rotatable bonds is 2. The number of carbonyl (C=O) groups excluding carboxylic acids is 2. The molecule has 0 heterocycles. The van der Waals surface area contributed by atoms with E-state index in [-0.39, 0.29) is 5.54 Å². The van der Waals surface area contributed by atoms with E-state index in [0.29, 0.717) is 5.69 Å². The van der Waals surface area contributed by atoms with Crippen molar-refractivity contribution in [3.8, 4) is 0 Å². The number of amides is 2. The van der Waals surface area contributed by atoms with Crippen LogP contribution in [0, 0.1) is 17.8 Å². The number of anilines is 1. The fourth-order valence-corrected chi connectivity index (χ4v) is 5.71. The summed E-state index contributed by atoms with van der Waals surface area (Å²) in [5.74, 6) is 1.17. The van der Waals surface area contributed by atoms with Gasteiger partial charge in [0.1, 0.15) is 0 Å². The number of carbonyl (C=O) groups is 2. The lowest BCUT2D eigenvalue weighted by atomic mass is 9.53. The van der Waals surface area contributed by atoms with E-state index in [2.05, 4.69) is 26.6 Å². The first-order chi connectivity index (χ1) is 11.0. The molecule has 2 amide bonds. The van der Waals surface area contributed by atoms with Gasteiger partial charge in [-0.15, -0.1) is 0 Å². The zero-order chi connectivity index (χ0) is 16.0. The summed E-state index contributed by atoms with van der Waals surface area (Å²) in [6, 6.07) is 7.28. The molecule has 4 saturated carbocycles. The first-order valence-electron chi connectivity index (χ1n) is 8.40. The number of halogens is 1. The fourth-order valence-electron chi connectivity index (χ4n) is 5.32. The van der Waals surface area contributed by atoms with Gasteiger partial charge in [-0.1, -0.05) is 22.0 Å². The monoisotopic (exact) mass is 376 g/mol. The maximum absolute atomic E-state index is 12.4. The highest BCUT2D eigenvalue weighted by Crippen LogP contribution is 2.55. The molecule has 1 aromatic rings. The molecule has 4 bridgehead atoms. The minimum Gasteiger partial charge on any atom is -0.342 e. The molecule has 4 nitrogen and oxygen atoms in total. The predicted octanol–water partition coefficient (Wildman–Crippen LogP) is 3.47. The number of hydrogen-bond donors (Lipinski definition) is 2. The van der Waals surface area contributed by atoms with Crippen molar-refractivity contribution in [1.82, 2.24) is 5.32 Å². The average Bonchev–Trinajstić information content (AvgIpc) is 2.45. The predicted molar refractivity (Wildman–Crippen MR) is 91.8 cm³/mol. The van der Waals surface area contributed by atoms with E-state index in [1.807, 2.05) is 12.1 Å². The molecular weight excluding hydrogens is 356 g/mol. The van der Waals surface area contributed by atoms with E-state index >= 15 is 0 Å². The zero-order valence-electron chi connectivity index (χ0n) is 13.0. The third-order valence-electron chi connectivity index (χ3n) is 5.71. The van der Waals surface area contributed by atoms with Crippen LogP contribution in [0.25, 0.3) is 0 Å². The Morgan fingerprint density at radius 1 is 1.00 bits per heavy atom. The summed E-state index contributed by atoms with van der Waals surface area (Å²) in [6.07, 6.45) is 7.11. The highest BCUT2D eigenvalue weighted by Gasteiger charge is 2.51. The normalized spacial score (nSPS) is 34.2. The third-order valence-corrected chi connectivity index (χ3v) is 6.20. The van der Waals surface area contributed by atoms with Crippen LogP contribution in [-0.4, -0.2) is 17.4 Å². The standard InChI is InChI=1S/C18H21BrN2O2/c19-14-2-1-3-15(7-14)20-16(22)17(23)21-18-8-11-4-12(9-18)6-13(5-11)10-18/h1-3,7,11-13H,4-6,8-10H2,(H,20,22)(H,21,23). The molecular formula is C18H21BrN2O2. The molecule has 0 saturated heterocycles. The smallest absolute Gasteiger partial charge is 0.313 e. The molecule has 0 radical (unpaired) electrons. The molecule has 0 atom stereocenters. The van der Waals surface area contributed by atoms with Gasteiger partial charge >= 0.3 is 11.8 Å². The van der Waals surface area contributed by atoms with Crippen LogP contribution < -0.4 is 10.6 Å². The van der Waals surface area contributed by atoms with E-state index in [0.717, 1.165) is 41.5 Å². The maximum Gasteiger partial charge on any atom is 0.313 e. The van der Waals surface area contributed by atoms with Crippen molar-refractivity contribution in [3.05, 3.63) is 28.7 Å². The minimum atomic E-state index is -0.571. The summed E-state index contributed by atoms with van der Waals surface area (Å²) >= 11 is 3.36. The van der Waals surface area contributed by atoms with Crippen LogP contribution in [0.4, 0.5) is 5.69 Å². The van der Waals surface area contributed by atoms with Gasteiger partial charge in [0.05, 0.1) is 0 Å². The van der Waals surface area contributed by atoms with Crippen LogP contribution in [-0.2, 0) is 9.59 Å². The van der Waals surface area contributed by atoms with Gasteiger partial charge in [0, 0.05) is 15.7 Å². The van der Waals surface area contributed by atoms with Crippen molar-refractivity contribution in [1.29, 1.82) is 0 Å². The molecule has 0 unspecified atom stereocenters. The maximum atomic E-state index is 12.4. The van der Waals surface area contributed by atoms with Crippen molar-refractivity contribution in [3.63, 3.8) is 0 Å². The first-order valence-corrected chi connectivity index (χ1v) is 9.20. The van der Waals surface area contributed by atoms with Gasteiger partial charge in [0.15, 0.2) is 0 Å². The quantitative estimate of drug-likeness (QED) is 0.776. The van der Waals surface area contributed by atoms with Crippen molar-refractivity contribution in [2.45, 2.75) is 44.1 Å². The van der Waals surface area contributed by atoms with Crippen LogP contribution >= 0.6 is 15.9 Å². The lowest BCUT2D eigenvalue weighted by Crippen LogP contribution is -2.61. The molecule has 0 aromatic heterocycles.